The molecule has 2 atom stereocenters. The van der Waals surface area contributed by atoms with Crippen LogP contribution in [-0.4, -0.2) is 17.8 Å². The molecule has 0 radical (unpaired) electrons. The van der Waals surface area contributed by atoms with Crippen LogP contribution in [0.2, 0.25) is 0 Å². The Morgan fingerprint density at radius 3 is 3.06 bits per heavy atom. The minimum Gasteiger partial charge on any atom is -0.493 e. The van der Waals surface area contributed by atoms with Gasteiger partial charge >= 0.3 is 0 Å². The molecule has 1 saturated carbocycles. The van der Waals surface area contributed by atoms with Crippen LogP contribution in [0.15, 0.2) is 18.2 Å². The molecule has 0 bridgehead atoms. The van der Waals surface area contributed by atoms with Gasteiger partial charge in [-0.3, -0.25) is 0 Å². The molecule has 98 valence electrons. The molecule has 3 heteroatoms. The second-order valence-corrected chi connectivity index (χ2v) is 5.63. The first-order valence-electron chi connectivity index (χ1n) is 6.92. The number of rotatable bonds is 1. The van der Waals surface area contributed by atoms with Crippen LogP contribution in [0, 0.1) is 0 Å². The average molecular weight is 247 g/mol. The van der Waals surface area contributed by atoms with Crippen LogP contribution in [0.1, 0.15) is 43.2 Å². The molecule has 0 saturated heterocycles. The summed E-state index contributed by atoms with van der Waals surface area (Å²) in [7, 11) is 0. The van der Waals surface area contributed by atoms with Crippen molar-refractivity contribution < 1.29 is 9.84 Å². The Labute approximate surface area is 108 Å². The lowest BCUT2D eigenvalue weighted by molar-refractivity contribution is -0.00984. The van der Waals surface area contributed by atoms with E-state index in [0.29, 0.717) is 6.42 Å². The van der Waals surface area contributed by atoms with E-state index in [1.165, 1.54) is 5.56 Å². The molecule has 18 heavy (non-hydrogen) atoms. The minimum atomic E-state index is -0.791. The lowest BCUT2D eigenvalue weighted by Crippen LogP contribution is -2.39. The van der Waals surface area contributed by atoms with E-state index in [1.807, 2.05) is 12.1 Å². The molecular formula is C15H21NO2. The fourth-order valence-electron chi connectivity index (χ4n) is 3.29. The third-order valence-electron chi connectivity index (χ3n) is 4.20. The molecule has 3 nitrogen and oxygen atoms in total. The fraction of sp³-hybridized carbons (Fsp3) is 0.600. The highest BCUT2D eigenvalue weighted by Gasteiger charge is 2.37. The van der Waals surface area contributed by atoms with Crippen LogP contribution in [0.4, 0.5) is 0 Å². The fourth-order valence-corrected chi connectivity index (χ4v) is 3.29. The zero-order valence-corrected chi connectivity index (χ0v) is 10.7. The van der Waals surface area contributed by atoms with Gasteiger partial charge in [-0.15, -0.1) is 0 Å². The molecule has 3 rings (SSSR count). The van der Waals surface area contributed by atoms with Crippen LogP contribution in [0.25, 0.3) is 0 Å². The quantitative estimate of drug-likeness (QED) is 0.799. The van der Waals surface area contributed by atoms with Gasteiger partial charge in [0.15, 0.2) is 0 Å². The minimum absolute atomic E-state index is 0.100. The van der Waals surface area contributed by atoms with E-state index in [1.54, 1.807) is 0 Å². The lowest BCUT2D eigenvalue weighted by Gasteiger charge is -2.37. The SMILES string of the molecule is NC1CCCC(O)(c2cccc3c2OCCC3)C1. The summed E-state index contributed by atoms with van der Waals surface area (Å²) in [5.41, 5.74) is 7.41. The third-order valence-corrected chi connectivity index (χ3v) is 4.20. The Balaban J connectivity index is 2.00. The number of ether oxygens (including phenoxy) is 1. The van der Waals surface area contributed by atoms with Gasteiger partial charge in [-0.1, -0.05) is 18.2 Å². The summed E-state index contributed by atoms with van der Waals surface area (Å²) >= 11 is 0. The monoisotopic (exact) mass is 247 g/mol. The van der Waals surface area contributed by atoms with Crippen molar-refractivity contribution in [2.45, 2.75) is 50.2 Å². The molecule has 1 aliphatic heterocycles. The molecule has 1 heterocycles. The van der Waals surface area contributed by atoms with Gasteiger partial charge in [0.1, 0.15) is 5.75 Å². The Morgan fingerprint density at radius 1 is 1.33 bits per heavy atom. The van der Waals surface area contributed by atoms with E-state index in [2.05, 4.69) is 6.07 Å². The Hall–Kier alpha value is -1.06. The van der Waals surface area contributed by atoms with Crippen molar-refractivity contribution in [1.82, 2.24) is 0 Å². The van der Waals surface area contributed by atoms with Gasteiger partial charge in [0.05, 0.1) is 12.2 Å². The summed E-state index contributed by atoms with van der Waals surface area (Å²) in [6.07, 6.45) is 5.55. The van der Waals surface area contributed by atoms with Crippen molar-refractivity contribution in [2.75, 3.05) is 6.61 Å². The standard InChI is InChI=1S/C15H21NO2/c16-12-6-2-8-15(17,10-12)13-7-1-4-11-5-3-9-18-14(11)13/h1,4,7,12,17H,2-3,5-6,8-10,16H2. The van der Waals surface area contributed by atoms with Gasteiger partial charge in [0, 0.05) is 11.6 Å². The van der Waals surface area contributed by atoms with E-state index in [9.17, 15) is 5.11 Å². The zero-order chi connectivity index (χ0) is 12.6. The number of aryl methyl sites for hydroxylation is 1. The molecule has 1 fully saturated rings. The molecule has 0 amide bonds. The van der Waals surface area contributed by atoms with Gasteiger partial charge < -0.3 is 15.6 Å². The lowest BCUT2D eigenvalue weighted by atomic mass is 9.76. The number of hydrogen-bond acceptors (Lipinski definition) is 3. The summed E-state index contributed by atoms with van der Waals surface area (Å²) in [6, 6.07) is 6.23. The number of hydrogen-bond donors (Lipinski definition) is 2. The van der Waals surface area contributed by atoms with E-state index in [4.69, 9.17) is 10.5 Å². The average Bonchev–Trinajstić information content (AvgIpc) is 2.38. The highest BCUT2D eigenvalue weighted by atomic mass is 16.5. The Kier molecular flexibility index (Phi) is 3.04. The molecule has 2 aliphatic rings. The highest BCUT2D eigenvalue weighted by Crippen LogP contribution is 2.43. The van der Waals surface area contributed by atoms with Crippen molar-refractivity contribution in [3.05, 3.63) is 29.3 Å². The molecule has 1 aromatic carbocycles. The Bertz CT molecular complexity index is 446. The summed E-state index contributed by atoms with van der Waals surface area (Å²) < 4.78 is 5.81. The van der Waals surface area contributed by atoms with Gasteiger partial charge in [-0.05, 0) is 44.1 Å². The summed E-state index contributed by atoms with van der Waals surface area (Å²) in [5, 5.41) is 10.9. The topological polar surface area (TPSA) is 55.5 Å². The number of nitrogens with two attached hydrogens (primary N) is 1. The van der Waals surface area contributed by atoms with Crippen molar-refractivity contribution in [2.24, 2.45) is 5.73 Å². The van der Waals surface area contributed by atoms with Crippen molar-refractivity contribution in [3.8, 4) is 5.75 Å². The molecule has 1 aromatic rings. The maximum absolute atomic E-state index is 10.9. The summed E-state index contributed by atoms with van der Waals surface area (Å²) in [6.45, 7) is 0.756. The maximum atomic E-state index is 10.9. The van der Waals surface area contributed by atoms with E-state index in [-0.39, 0.29) is 6.04 Å². The number of fused-ring (bicyclic) bond motifs is 1. The molecule has 0 spiro atoms. The van der Waals surface area contributed by atoms with Gasteiger partial charge in [-0.2, -0.15) is 0 Å². The largest absolute Gasteiger partial charge is 0.493 e. The van der Waals surface area contributed by atoms with Crippen LogP contribution in [-0.2, 0) is 12.0 Å². The van der Waals surface area contributed by atoms with Crippen LogP contribution >= 0.6 is 0 Å². The predicted octanol–water partition coefficient (Wildman–Crippen LogP) is 2.10. The zero-order valence-electron chi connectivity index (χ0n) is 10.7. The van der Waals surface area contributed by atoms with Gasteiger partial charge in [0.25, 0.3) is 0 Å². The normalized spacial score (nSPS) is 31.6. The second-order valence-electron chi connectivity index (χ2n) is 5.63. The first kappa shape index (κ1) is 12.0. The number of benzene rings is 1. The highest BCUT2D eigenvalue weighted by molar-refractivity contribution is 5.46. The third kappa shape index (κ3) is 2.02. The van der Waals surface area contributed by atoms with E-state index in [0.717, 1.165) is 50.0 Å². The van der Waals surface area contributed by atoms with Gasteiger partial charge in [-0.25, -0.2) is 0 Å². The Morgan fingerprint density at radius 2 is 2.22 bits per heavy atom. The van der Waals surface area contributed by atoms with E-state index >= 15 is 0 Å². The molecule has 0 aromatic heterocycles. The van der Waals surface area contributed by atoms with E-state index < -0.39 is 5.60 Å². The number of aliphatic hydroxyl groups is 1. The molecule has 3 N–H and O–H groups in total. The number of para-hydroxylation sites is 1. The maximum Gasteiger partial charge on any atom is 0.128 e. The molecular weight excluding hydrogens is 226 g/mol. The molecule has 2 unspecified atom stereocenters. The smallest absolute Gasteiger partial charge is 0.128 e. The van der Waals surface area contributed by atoms with Crippen LogP contribution < -0.4 is 10.5 Å². The van der Waals surface area contributed by atoms with Crippen molar-refractivity contribution in [1.29, 1.82) is 0 Å². The molecule has 1 aliphatic carbocycles. The summed E-state index contributed by atoms with van der Waals surface area (Å²) in [4.78, 5) is 0. The first-order valence-corrected chi connectivity index (χ1v) is 6.92. The summed E-state index contributed by atoms with van der Waals surface area (Å²) in [5.74, 6) is 0.917. The first-order chi connectivity index (χ1) is 8.69. The predicted molar refractivity (Wildman–Crippen MR) is 70.6 cm³/mol. The van der Waals surface area contributed by atoms with Crippen LogP contribution in [0.3, 0.4) is 0 Å². The van der Waals surface area contributed by atoms with Crippen molar-refractivity contribution >= 4 is 0 Å². The second kappa shape index (κ2) is 4.56. The van der Waals surface area contributed by atoms with Crippen LogP contribution in [0.5, 0.6) is 5.75 Å². The van der Waals surface area contributed by atoms with Crippen molar-refractivity contribution in [3.63, 3.8) is 0 Å². The van der Waals surface area contributed by atoms with Gasteiger partial charge in [0.2, 0.25) is 0 Å².